The molecule has 0 radical (unpaired) electrons. The van der Waals surface area contributed by atoms with Crippen molar-refractivity contribution in [3.05, 3.63) is 0 Å². The number of fused-ring (bicyclic) bond motifs is 2. The Morgan fingerprint density at radius 3 is 3.00 bits per heavy atom. The van der Waals surface area contributed by atoms with Crippen molar-refractivity contribution in [2.45, 2.75) is 31.8 Å². The third kappa shape index (κ3) is 2.03. The maximum absolute atomic E-state index is 8.96. The van der Waals surface area contributed by atoms with E-state index in [9.17, 15) is 0 Å². The maximum atomic E-state index is 8.96. The summed E-state index contributed by atoms with van der Waals surface area (Å²) in [5.74, 6) is 0.836. The van der Waals surface area contributed by atoms with Gasteiger partial charge in [-0.25, -0.2) is 0 Å². The van der Waals surface area contributed by atoms with Gasteiger partial charge in [-0.05, 0) is 38.8 Å². The number of nitrogens with zero attached hydrogens (tertiary/aromatic N) is 1. The van der Waals surface area contributed by atoms with E-state index in [4.69, 9.17) is 5.11 Å². The lowest BCUT2D eigenvalue weighted by atomic mass is 9.93. The van der Waals surface area contributed by atoms with Crippen molar-refractivity contribution in [3.63, 3.8) is 0 Å². The van der Waals surface area contributed by atoms with E-state index in [1.807, 2.05) is 0 Å². The van der Waals surface area contributed by atoms with E-state index in [-0.39, 0.29) is 12.6 Å². The van der Waals surface area contributed by atoms with Crippen LogP contribution in [0.15, 0.2) is 0 Å². The van der Waals surface area contributed by atoms with Gasteiger partial charge in [-0.1, -0.05) is 0 Å². The molecular formula is C10H20N2O. The van der Waals surface area contributed by atoms with Crippen molar-refractivity contribution in [2.75, 3.05) is 26.2 Å². The quantitative estimate of drug-likeness (QED) is 0.650. The minimum atomic E-state index is 0.257. The van der Waals surface area contributed by atoms with Gasteiger partial charge in [0.2, 0.25) is 0 Å². The van der Waals surface area contributed by atoms with Crippen LogP contribution in [-0.2, 0) is 0 Å². The Kier molecular flexibility index (Phi) is 2.86. The largest absolute Gasteiger partial charge is 0.395 e. The Hall–Kier alpha value is -0.120. The van der Waals surface area contributed by atoms with E-state index >= 15 is 0 Å². The molecule has 2 N–H and O–H groups in total. The van der Waals surface area contributed by atoms with E-state index in [2.05, 4.69) is 17.1 Å². The summed E-state index contributed by atoms with van der Waals surface area (Å²) in [5, 5.41) is 12.5. The number of hydrogen-bond donors (Lipinski definition) is 2. The van der Waals surface area contributed by atoms with Gasteiger partial charge >= 0.3 is 0 Å². The predicted octanol–water partition coefficient (Wildman–Crippen LogP) is 0.0510. The lowest BCUT2D eigenvalue weighted by Gasteiger charge is -2.32. The predicted molar refractivity (Wildman–Crippen MR) is 52.6 cm³/mol. The van der Waals surface area contributed by atoms with E-state index in [0.717, 1.165) is 5.92 Å². The van der Waals surface area contributed by atoms with Crippen molar-refractivity contribution in [2.24, 2.45) is 5.92 Å². The minimum absolute atomic E-state index is 0.257. The molecule has 0 amide bonds. The molecule has 2 bridgehead atoms. The molecule has 0 aromatic carbocycles. The van der Waals surface area contributed by atoms with E-state index in [1.165, 1.54) is 32.5 Å². The average molecular weight is 184 g/mol. The van der Waals surface area contributed by atoms with E-state index in [1.54, 1.807) is 0 Å². The smallest absolute Gasteiger partial charge is 0.0582 e. The fraction of sp³-hybridized carbons (Fsp3) is 1.00. The van der Waals surface area contributed by atoms with Crippen LogP contribution in [0.5, 0.6) is 0 Å². The molecule has 2 fully saturated rings. The highest BCUT2D eigenvalue weighted by Crippen LogP contribution is 2.27. The van der Waals surface area contributed by atoms with Crippen molar-refractivity contribution in [1.82, 2.24) is 10.2 Å². The van der Waals surface area contributed by atoms with E-state index < -0.39 is 0 Å². The summed E-state index contributed by atoms with van der Waals surface area (Å²) >= 11 is 0. The summed E-state index contributed by atoms with van der Waals surface area (Å²) < 4.78 is 0. The highest BCUT2D eigenvalue weighted by molar-refractivity contribution is 4.91. The Morgan fingerprint density at radius 2 is 2.23 bits per heavy atom. The lowest BCUT2D eigenvalue weighted by Crippen LogP contribution is -2.48. The van der Waals surface area contributed by atoms with Gasteiger partial charge in [0.05, 0.1) is 6.61 Å². The zero-order chi connectivity index (χ0) is 9.26. The number of piperidine rings is 1. The molecule has 2 rings (SSSR count). The van der Waals surface area contributed by atoms with Crippen LogP contribution in [-0.4, -0.2) is 48.3 Å². The summed E-state index contributed by atoms with van der Waals surface area (Å²) in [7, 11) is 0. The van der Waals surface area contributed by atoms with Gasteiger partial charge in [-0.2, -0.15) is 0 Å². The Balaban J connectivity index is 1.85. The molecule has 0 aromatic heterocycles. The molecule has 3 nitrogen and oxygen atoms in total. The fourth-order valence-electron chi connectivity index (χ4n) is 2.59. The zero-order valence-electron chi connectivity index (χ0n) is 8.37. The summed E-state index contributed by atoms with van der Waals surface area (Å²) in [6.07, 6.45) is 2.60. The summed E-state index contributed by atoms with van der Waals surface area (Å²) in [5.41, 5.74) is 0. The molecule has 3 unspecified atom stereocenters. The van der Waals surface area contributed by atoms with Crippen LogP contribution in [0.4, 0.5) is 0 Å². The number of nitrogens with one attached hydrogen (secondary N) is 1. The van der Waals surface area contributed by atoms with Crippen LogP contribution in [0.2, 0.25) is 0 Å². The van der Waals surface area contributed by atoms with Crippen LogP contribution < -0.4 is 5.32 Å². The first kappa shape index (κ1) is 9.44. The van der Waals surface area contributed by atoms with Crippen LogP contribution in [0.25, 0.3) is 0 Å². The SMILES string of the molecule is C[C@H](CO)NC1CCN2CCC1C2. The second-order valence-electron chi connectivity index (χ2n) is 4.49. The van der Waals surface area contributed by atoms with Gasteiger partial charge in [0.1, 0.15) is 0 Å². The molecule has 0 spiro atoms. The van der Waals surface area contributed by atoms with Crippen LogP contribution in [0.3, 0.4) is 0 Å². The third-order valence-corrected chi connectivity index (χ3v) is 3.41. The molecule has 0 aliphatic carbocycles. The van der Waals surface area contributed by atoms with Crippen LogP contribution in [0.1, 0.15) is 19.8 Å². The first-order valence-corrected chi connectivity index (χ1v) is 5.39. The highest BCUT2D eigenvalue weighted by atomic mass is 16.3. The van der Waals surface area contributed by atoms with Crippen molar-refractivity contribution >= 4 is 0 Å². The zero-order valence-corrected chi connectivity index (χ0v) is 8.37. The molecular weight excluding hydrogens is 164 g/mol. The Bertz CT molecular complexity index is 174. The molecule has 76 valence electrons. The highest BCUT2D eigenvalue weighted by Gasteiger charge is 2.34. The molecule has 0 saturated carbocycles. The van der Waals surface area contributed by atoms with Gasteiger partial charge in [0.15, 0.2) is 0 Å². The first-order valence-electron chi connectivity index (χ1n) is 5.39. The van der Waals surface area contributed by atoms with Gasteiger partial charge < -0.3 is 15.3 Å². The molecule has 4 atom stereocenters. The van der Waals surface area contributed by atoms with Crippen molar-refractivity contribution in [1.29, 1.82) is 0 Å². The number of rotatable bonds is 3. The molecule has 13 heavy (non-hydrogen) atoms. The maximum Gasteiger partial charge on any atom is 0.0582 e. The molecule has 2 heterocycles. The molecule has 2 saturated heterocycles. The standard InChI is InChI=1S/C10H20N2O/c1-8(7-13)11-10-3-5-12-4-2-9(10)6-12/h8-11,13H,2-7H2,1H3/t8-,9?,10?/m1/s1. The number of aliphatic hydroxyl groups excluding tert-OH is 1. The van der Waals surface area contributed by atoms with Gasteiger partial charge in [0.25, 0.3) is 0 Å². The fourth-order valence-corrected chi connectivity index (χ4v) is 2.59. The third-order valence-electron chi connectivity index (χ3n) is 3.41. The molecule has 0 aromatic rings. The van der Waals surface area contributed by atoms with Crippen LogP contribution in [0, 0.1) is 5.92 Å². The second kappa shape index (κ2) is 3.95. The second-order valence-corrected chi connectivity index (χ2v) is 4.49. The lowest BCUT2D eigenvalue weighted by molar-refractivity contribution is 0.184. The summed E-state index contributed by atoms with van der Waals surface area (Å²) in [6.45, 7) is 6.12. The van der Waals surface area contributed by atoms with Crippen molar-refractivity contribution < 1.29 is 5.11 Å². The first-order chi connectivity index (χ1) is 6.29. The normalized spacial score (nSPS) is 40.6. The number of aliphatic hydroxyl groups is 1. The average Bonchev–Trinajstić information content (AvgIpc) is 2.54. The topological polar surface area (TPSA) is 35.5 Å². The summed E-state index contributed by atoms with van der Waals surface area (Å²) in [6, 6.07) is 0.915. The molecule has 2 aliphatic heterocycles. The van der Waals surface area contributed by atoms with Crippen LogP contribution >= 0.6 is 0 Å². The number of hydrogen-bond acceptors (Lipinski definition) is 3. The Labute approximate surface area is 80.1 Å². The Morgan fingerprint density at radius 1 is 1.46 bits per heavy atom. The molecule has 2 aliphatic rings. The van der Waals surface area contributed by atoms with E-state index in [0.29, 0.717) is 6.04 Å². The van der Waals surface area contributed by atoms with Crippen molar-refractivity contribution in [3.8, 4) is 0 Å². The molecule has 3 heteroatoms. The van der Waals surface area contributed by atoms with Gasteiger partial charge in [-0.3, -0.25) is 0 Å². The van der Waals surface area contributed by atoms with Gasteiger partial charge in [0, 0.05) is 18.6 Å². The summed E-state index contributed by atoms with van der Waals surface area (Å²) in [4.78, 5) is 2.55. The monoisotopic (exact) mass is 184 g/mol. The minimum Gasteiger partial charge on any atom is -0.395 e. The van der Waals surface area contributed by atoms with Gasteiger partial charge in [-0.15, -0.1) is 0 Å².